The summed E-state index contributed by atoms with van der Waals surface area (Å²) in [5.41, 5.74) is 3.15. The van der Waals surface area contributed by atoms with Crippen LogP contribution in [0, 0.1) is 0 Å². The quantitative estimate of drug-likeness (QED) is 0.540. The average molecular weight is 319 g/mol. The average Bonchev–Trinajstić information content (AvgIpc) is 3.23. The largest absolute Gasteiger partial charge is 0.323 e. The molecule has 2 aromatic heterocycles. The Morgan fingerprint density at radius 2 is 1.83 bits per heavy atom. The van der Waals surface area contributed by atoms with Gasteiger partial charge in [0, 0.05) is 29.3 Å². The minimum absolute atomic E-state index is 0.218. The summed E-state index contributed by atoms with van der Waals surface area (Å²) in [4.78, 5) is 32.9. The molecule has 4 rings (SSSR count). The fourth-order valence-corrected chi connectivity index (χ4v) is 2.51. The number of nitrogens with one attached hydrogen (secondary N) is 3. The number of imidazole rings is 2. The number of hydrogen-bond donors (Lipinski definition) is 3. The molecular formula is C17H13N5O2. The Balaban J connectivity index is 1.55. The van der Waals surface area contributed by atoms with Gasteiger partial charge < -0.3 is 19.9 Å². The van der Waals surface area contributed by atoms with Gasteiger partial charge in [0.25, 0.3) is 5.91 Å². The summed E-state index contributed by atoms with van der Waals surface area (Å²) in [7, 11) is 0. The number of rotatable bonds is 3. The van der Waals surface area contributed by atoms with Gasteiger partial charge in [-0.1, -0.05) is 0 Å². The first-order valence-electron chi connectivity index (χ1n) is 7.31. The number of H-pyrrole nitrogens is 2. The highest BCUT2D eigenvalue weighted by Crippen LogP contribution is 2.16. The Hall–Kier alpha value is -3.61. The summed E-state index contributed by atoms with van der Waals surface area (Å²) in [6, 6.07) is 12.4. The van der Waals surface area contributed by atoms with Gasteiger partial charge >= 0.3 is 5.69 Å². The Morgan fingerprint density at radius 3 is 2.58 bits per heavy atom. The zero-order valence-corrected chi connectivity index (χ0v) is 12.5. The highest BCUT2D eigenvalue weighted by molar-refractivity contribution is 6.05. The number of hydrogen-bond acceptors (Lipinski definition) is 3. The monoisotopic (exact) mass is 319 g/mol. The topological polar surface area (TPSA) is 95.6 Å². The smallest absolute Gasteiger partial charge is 0.322 e. The summed E-state index contributed by atoms with van der Waals surface area (Å²) in [6.07, 6.45) is 5.23. The lowest BCUT2D eigenvalue weighted by Gasteiger charge is -2.07. The van der Waals surface area contributed by atoms with E-state index < -0.39 is 0 Å². The number of nitrogens with zero attached hydrogens (tertiary/aromatic N) is 2. The van der Waals surface area contributed by atoms with Gasteiger partial charge in [0.1, 0.15) is 0 Å². The summed E-state index contributed by atoms with van der Waals surface area (Å²) in [5.74, 6) is -0.218. The third-order valence-electron chi connectivity index (χ3n) is 3.71. The first-order chi connectivity index (χ1) is 11.7. The molecule has 118 valence electrons. The molecule has 0 aliphatic rings. The van der Waals surface area contributed by atoms with Crippen molar-refractivity contribution >= 4 is 22.6 Å². The normalized spacial score (nSPS) is 10.8. The summed E-state index contributed by atoms with van der Waals surface area (Å²) in [6.45, 7) is 0. The number of carbonyl (C=O) groups excluding carboxylic acids is 1. The first kappa shape index (κ1) is 14.0. The Kier molecular flexibility index (Phi) is 3.24. The molecule has 0 saturated heterocycles. The highest BCUT2D eigenvalue weighted by Gasteiger charge is 2.08. The van der Waals surface area contributed by atoms with Gasteiger partial charge in [0.15, 0.2) is 0 Å². The van der Waals surface area contributed by atoms with E-state index in [0.717, 1.165) is 5.69 Å². The molecule has 2 heterocycles. The maximum Gasteiger partial charge on any atom is 0.323 e. The van der Waals surface area contributed by atoms with E-state index in [-0.39, 0.29) is 11.6 Å². The molecule has 0 bridgehead atoms. The molecule has 0 radical (unpaired) electrons. The van der Waals surface area contributed by atoms with E-state index in [9.17, 15) is 9.59 Å². The van der Waals surface area contributed by atoms with E-state index in [1.54, 1.807) is 42.9 Å². The fourth-order valence-electron chi connectivity index (χ4n) is 2.51. The second-order valence-electron chi connectivity index (χ2n) is 5.31. The molecule has 0 saturated carbocycles. The van der Waals surface area contributed by atoms with Crippen molar-refractivity contribution in [2.24, 2.45) is 0 Å². The van der Waals surface area contributed by atoms with Crippen LogP contribution < -0.4 is 11.0 Å². The van der Waals surface area contributed by atoms with Crippen molar-refractivity contribution in [3.05, 3.63) is 77.2 Å². The number of benzene rings is 2. The van der Waals surface area contributed by atoms with Crippen LogP contribution in [0.5, 0.6) is 0 Å². The van der Waals surface area contributed by atoms with Crippen LogP contribution in [-0.2, 0) is 0 Å². The van der Waals surface area contributed by atoms with E-state index in [4.69, 9.17) is 0 Å². The van der Waals surface area contributed by atoms with Gasteiger partial charge in [0.2, 0.25) is 0 Å². The summed E-state index contributed by atoms with van der Waals surface area (Å²) in [5, 5.41) is 2.82. The van der Waals surface area contributed by atoms with Gasteiger partial charge in [0.05, 0.1) is 17.4 Å². The van der Waals surface area contributed by atoms with E-state index >= 15 is 0 Å². The molecule has 0 unspecified atom stereocenters. The molecular weight excluding hydrogens is 306 g/mol. The molecule has 7 nitrogen and oxygen atoms in total. The second kappa shape index (κ2) is 5.54. The molecule has 7 heteroatoms. The van der Waals surface area contributed by atoms with Gasteiger partial charge in [-0.05, 0) is 42.5 Å². The maximum atomic E-state index is 12.3. The van der Waals surface area contributed by atoms with Crippen LogP contribution in [0.25, 0.3) is 16.7 Å². The van der Waals surface area contributed by atoms with Gasteiger partial charge in [-0.15, -0.1) is 0 Å². The third kappa shape index (κ3) is 2.58. The lowest BCUT2D eigenvalue weighted by atomic mass is 10.2. The number of carbonyl (C=O) groups is 1. The lowest BCUT2D eigenvalue weighted by molar-refractivity contribution is 0.102. The predicted molar refractivity (Wildman–Crippen MR) is 90.4 cm³/mol. The van der Waals surface area contributed by atoms with Crippen molar-refractivity contribution in [3.8, 4) is 5.69 Å². The zero-order chi connectivity index (χ0) is 16.5. The number of anilines is 1. The van der Waals surface area contributed by atoms with Crippen molar-refractivity contribution in [1.29, 1.82) is 0 Å². The van der Waals surface area contributed by atoms with E-state index in [2.05, 4.69) is 20.3 Å². The Bertz CT molecular complexity index is 1060. The molecule has 3 N–H and O–H groups in total. The van der Waals surface area contributed by atoms with Crippen LogP contribution in [0.2, 0.25) is 0 Å². The molecule has 0 fully saturated rings. The number of aromatic amines is 2. The fraction of sp³-hybridized carbons (Fsp3) is 0. The molecule has 0 atom stereocenters. The van der Waals surface area contributed by atoms with Crippen LogP contribution >= 0.6 is 0 Å². The summed E-state index contributed by atoms with van der Waals surface area (Å²) < 4.78 is 1.86. The molecule has 0 aliphatic carbocycles. The van der Waals surface area contributed by atoms with E-state index in [1.165, 1.54) is 0 Å². The highest BCUT2D eigenvalue weighted by atomic mass is 16.2. The first-order valence-corrected chi connectivity index (χ1v) is 7.31. The van der Waals surface area contributed by atoms with Crippen molar-refractivity contribution in [1.82, 2.24) is 19.5 Å². The Morgan fingerprint density at radius 1 is 1.04 bits per heavy atom. The minimum Gasteiger partial charge on any atom is -0.322 e. The van der Waals surface area contributed by atoms with Crippen molar-refractivity contribution in [2.75, 3.05) is 5.32 Å². The molecule has 0 aliphatic heterocycles. The standard InChI is InChI=1S/C17H13N5O2/c23-16(11-1-4-13(5-2-11)22-8-7-18-10-22)19-12-3-6-14-15(9-12)21-17(24)20-14/h1-10H,(H,19,23)(H2,20,21,24). The van der Waals surface area contributed by atoms with E-state index in [1.807, 2.05) is 22.9 Å². The van der Waals surface area contributed by atoms with Gasteiger partial charge in [-0.25, -0.2) is 9.78 Å². The molecule has 24 heavy (non-hydrogen) atoms. The summed E-state index contributed by atoms with van der Waals surface area (Å²) >= 11 is 0. The molecule has 0 spiro atoms. The molecule has 4 aromatic rings. The van der Waals surface area contributed by atoms with Crippen LogP contribution in [0.3, 0.4) is 0 Å². The van der Waals surface area contributed by atoms with Gasteiger partial charge in [-0.3, -0.25) is 4.79 Å². The Labute approximate surface area is 136 Å². The SMILES string of the molecule is O=C(Nc1ccc2[nH]c(=O)[nH]c2c1)c1ccc(-n2ccnc2)cc1. The van der Waals surface area contributed by atoms with Crippen molar-refractivity contribution in [3.63, 3.8) is 0 Å². The van der Waals surface area contributed by atoms with Crippen molar-refractivity contribution in [2.45, 2.75) is 0 Å². The molecule has 1 amide bonds. The lowest BCUT2D eigenvalue weighted by Crippen LogP contribution is -2.11. The number of fused-ring (bicyclic) bond motifs is 1. The third-order valence-corrected chi connectivity index (χ3v) is 3.71. The van der Waals surface area contributed by atoms with Crippen LogP contribution in [0.4, 0.5) is 5.69 Å². The maximum absolute atomic E-state index is 12.3. The zero-order valence-electron chi connectivity index (χ0n) is 12.5. The molecule has 2 aromatic carbocycles. The minimum atomic E-state index is -0.274. The van der Waals surface area contributed by atoms with Gasteiger partial charge in [-0.2, -0.15) is 0 Å². The van der Waals surface area contributed by atoms with Crippen molar-refractivity contribution < 1.29 is 4.79 Å². The van der Waals surface area contributed by atoms with Crippen LogP contribution in [0.15, 0.2) is 66.0 Å². The predicted octanol–water partition coefficient (Wildman–Crippen LogP) is 2.29. The second-order valence-corrected chi connectivity index (χ2v) is 5.31. The number of amides is 1. The van der Waals surface area contributed by atoms with Crippen LogP contribution in [-0.4, -0.2) is 25.4 Å². The number of aromatic nitrogens is 4. The van der Waals surface area contributed by atoms with Crippen LogP contribution in [0.1, 0.15) is 10.4 Å². The van der Waals surface area contributed by atoms with E-state index in [0.29, 0.717) is 22.3 Å².